The van der Waals surface area contributed by atoms with E-state index in [0.29, 0.717) is 32.0 Å². The molecule has 0 spiro atoms. The first-order valence-electron chi connectivity index (χ1n) is 7.14. The molecule has 0 aliphatic carbocycles. The van der Waals surface area contributed by atoms with Gasteiger partial charge in [0.15, 0.2) is 0 Å². The number of likely N-dealkylation sites (tertiary alicyclic amines) is 2. The third-order valence-corrected chi connectivity index (χ3v) is 4.44. The Morgan fingerprint density at radius 1 is 1.37 bits per heavy atom. The summed E-state index contributed by atoms with van der Waals surface area (Å²) in [4.78, 5) is 27.3. The third kappa shape index (κ3) is 3.26. The van der Waals surface area contributed by atoms with Crippen molar-refractivity contribution >= 4 is 11.9 Å². The predicted octanol–water partition coefficient (Wildman–Crippen LogP) is 1.04. The van der Waals surface area contributed by atoms with Gasteiger partial charge >= 0.3 is 5.97 Å². The van der Waals surface area contributed by atoms with Gasteiger partial charge in [0.25, 0.3) is 0 Å². The van der Waals surface area contributed by atoms with Crippen molar-refractivity contribution in [3.8, 4) is 0 Å². The highest BCUT2D eigenvalue weighted by Gasteiger charge is 2.41. The van der Waals surface area contributed by atoms with E-state index in [9.17, 15) is 14.7 Å². The van der Waals surface area contributed by atoms with Gasteiger partial charge < -0.3 is 10.0 Å². The number of carboxylic acids is 1. The van der Waals surface area contributed by atoms with Crippen molar-refractivity contribution in [3.63, 3.8) is 0 Å². The zero-order chi connectivity index (χ0) is 14.0. The van der Waals surface area contributed by atoms with Crippen LogP contribution < -0.4 is 0 Å². The van der Waals surface area contributed by atoms with Crippen LogP contribution >= 0.6 is 0 Å². The maximum atomic E-state index is 12.2. The largest absolute Gasteiger partial charge is 0.481 e. The van der Waals surface area contributed by atoms with Crippen LogP contribution in [0.3, 0.4) is 0 Å². The van der Waals surface area contributed by atoms with Gasteiger partial charge in [0.2, 0.25) is 5.91 Å². The number of hydrogen-bond donors (Lipinski definition) is 1. The van der Waals surface area contributed by atoms with E-state index in [1.54, 1.807) is 6.92 Å². The van der Waals surface area contributed by atoms with Crippen LogP contribution in [0.25, 0.3) is 0 Å². The van der Waals surface area contributed by atoms with Crippen molar-refractivity contribution < 1.29 is 14.7 Å². The number of nitrogens with zero attached hydrogens (tertiary/aromatic N) is 2. The Bertz CT molecular complexity index is 372. The van der Waals surface area contributed by atoms with E-state index >= 15 is 0 Å². The Morgan fingerprint density at radius 2 is 2.11 bits per heavy atom. The smallest absolute Gasteiger partial charge is 0.310 e. The van der Waals surface area contributed by atoms with E-state index in [1.807, 2.05) is 9.80 Å². The number of amides is 1. The van der Waals surface area contributed by atoms with Gasteiger partial charge in [-0.3, -0.25) is 14.5 Å². The molecule has 2 rings (SSSR count). The van der Waals surface area contributed by atoms with Crippen LogP contribution in [0.1, 0.15) is 33.1 Å². The molecule has 1 N–H and O–H groups in total. The SMILES string of the molecule is CC1CCCN(C(=O)CN2CCC(C)(C(=O)O)C2)C1. The molecule has 0 aromatic heterocycles. The summed E-state index contributed by atoms with van der Waals surface area (Å²) in [5.74, 6) is -0.0178. The van der Waals surface area contributed by atoms with Crippen LogP contribution in [-0.2, 0) is 9.59 Å². The molecule has 2 atom stereocenters. The molecule has 2 saturated heterocycles. The number of piperidine rings is 1. The Labute approximate surface area is 114 Å². The van der Waals surface area contributed by atoms with Crippen LogP contribution in [0.2, 0.25) is 0 Å². The molecule has 2 fully saturated rings. The minimum Gasteiger partial charge on any atom is -0.481 e. The lowest BCUT2D eigenvalue weighted by atomic mass is 9.90. The predicted molar refractivity (Wildman–Crippen MR) is 71.8 cm³/mol. The molecule has 2 unspecified atom stereocenters. The number of aliphatic carboxylic acids is 1. The highest BCUT2D eigenvalue weighted by molar-refractivity contribution is 5.79. The normalized spacial score (nSPS) is 32.5. The topological polar surface area (TPSA) is 60.9 Å². The number of carboxylic acid groups (broad SMARTS) is 1. The minimum absolute atomic E-state index is 0.154. The second-order valence-electron chi connectivity index (χ2n) is 6.41. The van der Waals surface area contributed by atoms with Crippen LogP contribution in [0, 0.1) is 11.3 Å². The minimum atomic E-state index is -0.756. The molecule has 2 aliphatic rings. The van der Waals surface area contributed by atoms with Crippen LogP contribution in [-0.4, -0.2) is 59.5 Å². The standard InChI is InChI=1S/C14H24N2O3/c1-11-4-3-6-16(8-11)12(17)9-15-7-5-14(2,10-15)13(18)19/h11H,3-10H2,1-2H3,(H,18,19). The quantitative estimate of drug-likeness (QED) is 0.831. The highest BCUT2D eigenvalue weighted by atomic mass is 16.4. The van der Waals surface area contributed by atoms with Crippen LogP contribution in [0.5, 0.6) is 0 Å². The average molecular weight is 268 g/mol. The Balaban J connectivity index is 1.85. The highest BCUT2D eigenvalue weighted by Crippen LogP contribution is 2.30. The van der Waals surface area contributed by atoms with Crippen molar-refractivity contribution in [3.05, 3.63) is 0 Å². The molecule has 1 amide bonds. The first-order valence-corrected chi connectivity index (χ1v) is 7.14. The lowest BCUT2D eigenvalue weighted by Gasteiger charge is -2.32. The van der Waals surface area contributed by atoms with Gasteiger partial charge in [0.1, 0.15) is 0 Å². The van der Waals surface area contributed by atoms with Crippen molar-refractivity contribution in [2.24, 2.45) is 11.3 Å². The second-order valence-corrected chi connectivity index (χ2v) is 6.41. The summed E-state index contributed by atoms with van der Waals surface area (Å²) in [6, 6.07) is 0. The fourth-order valence-corrected chi connectivity index (χ4v) is 3.07. The van der Waals surface area contributed by atoms with E-state index in [4.69, 9.17) is 0 Å². The molecule has 108 valence electrons. The van der Waals surface area contributed by atoms with Crippen LogP contribution in [0.4, 0.5) is 0 Å². The molecule has 0 aromatic rings. The molecule has 5 nitrogen and oxygen atoms in total. The van der Waals surface area contributed by atoms with Gasteiger partial charge in [-0.05, 0) is 38.6 Å². The van der Waals surface area contributed by atoms with Crippen molar-refractivity contribution in [1.82, 2.24) is 9.80 Å². The molecule has 0 bridgehead atoms. The summed E-state index contributed by atoms with van der Waals surface area (Å²) in [6.07, 6.45) is 2.91. The van der Waals surface area contributed by atoms with Crippen molar-refractivity contribution in [2.75, 3.05) is 32.7 Å². The summed E-state index contributed by atoms with van der Waals surface area (Å²) in [5, 5.41) is 9.19. The molecule has 0 aromatic carbocycles. The fraction of sp³-hybridized carbons (Fsp3) is 0.857. The second kappa shape index (κ2) is 5.49. The Morgan fingerprint density at radius 3 is 2.68 bits per heavy atom. The molecule has 19 heavy (non-hydrogen) atoms. The number of hydrogen-bond acceptors (Lipinski definition) is 3. The van der Waals surface area contributed by atoms with E-state index in [1.165, 1.54) is 6.42 Å². The van der Waals surface area contributed by atoms with Gasteiger partial charge in [-0.1, -0.05) is 6.92 Å². The zero-order valence-electron chi connectivity index (χ0n) is 11.9. The summed E-state index contributed by atoms with van der Waals surface area (Å²) in [6.45, 7) is 7.21. The Hall–Kier alpha value is -1.10. The van der Waals surface area contributed by atoms with E-state index in [2.05, 4.69) is 6.92 Å². The van der Waals surface area contributed by atoms with Gasteiger partial charge in [0, 0.05) is 19.6 Å². The number of carbonyl (C=O) groups is 2. The van der Waals surface area contributed by atoms with Crippen molar-refractivity contribution in [2.45, 2.75) is 33.1 Å². The molecule has 2 aliphatic heterocycles. The maximum absolute atomic E-state index is 12.2. The summed E-state index contributed by atoms with van der Waals surface area (Å²) in [5.41, 5.74) is -0.685. The lowest BCUT2D eigenvalue weighted by Crippen LogP contribution is -2.44. The first kappa shape index (κ1) is 14.3. The molecular formula is C14H24N2O3. The molecule has 2 heterocycles. The van der Waals surface area contributed by atoms with E-state index < -0.39 is 11.4 Å². The van der Waals surface area contributed by atoms with Crippen LogP contribution in [0.15, 0.2) is 0 Å². The summed E-state index contributed by atoms with van der Waals surface area (Å²) < 4.78 is 0. The zero-order valence-corrected chi connectivity index (χ0v) is 11.9. The van der Waals surface area contributed by atoms with Gasteiger partial charge in [-0.15, -0.1) is 0 Å². The molecular weight excluding hydrogens is 244 g/mol. The van der Waals surface area contributed by atoms with E-state index in [0.717, 1.165) is 19.5 Å². The third-order valence-electron chi connectivity index (χ3n) is 4.44. The van der Waals surface area contributed by atoms with Gasteiger partial charge in [-0.25, -0.2) is 0 Å². The molecule has 0 radical (unpaired) electrons. The monoisotopic (exact) mass is 268 g/mol. The summed E-state index contributed by atoms with van der Waals surface area (Å²) >= 11 is 0. The number of rotatable bonds is 3. The van der Waals surface area contributed by atoms with Gasteiger partial charge in [-0.2, -0.15) is 0 Å². The van der Waals surface area contributed by atoms with E-state index in [-0.39, 0.29) is 5.91 Å². The lowest BCUT2D eigenvalue weighted by molar-refractivity contribution is -0.147. The Kier molecular flexibility index (Phi) is 4.13. The summed E-state index contributed by atoms with van der Waals surface area (Å²) in [7, 11) is 0. The van der Waals surface area contributed by atoms with Crippen molar-refractivity contribution in [1.29, 1.82) is 0 Å². The molecule has 5 heteroatoms. The average Bonchev–Trinajstić information content (AvgIpc) is 2.72. The first-order chi connectivity index (χ1) is 8.90. The fourth-order valence-electron chi connectivity index (χ4n) is 3.07. The molecule has 0 saturated carbocycles. The maximum Gasteiger partial charge on any atom is 0.310 e. The number of carbonyl (C=O) groups excluding carboxylic acids is 1. The van der Waals surface area contributed by atoms with Gasteiger partial charge in [0.05, 0.1) is 12.0 Å².